The fourth-order valence-corrected chi connectivity index (χ4v) is 4.53. The van der Waals surface area contributed by atoms with E-state index in [0.717, 1.165) is 34.1 Å². The van der Waals surface area contributed by atoms with E-state index >= 15 is 0 Å². The quantitative estimate of drug-likeness (QED) is 0.146. The summed E-state index contributed by atoms with van der Waals surface area (Å²) in [6.45, 7) is 10.8. The van der Waals surface area contributed by atoms with Gasteiger partial charge in [-0.05, 0) is 43.7 Å². The molecule has 0 aliphatic heterocycles. The van der Waals surface area contributed by atoms with E-state index in [9.17, 15) is 9.59 Å². The summed E-state index contributed by atoms with van der Waals surface area (Å²) >= 11 is 0. The molecule has 0 fully saturated rings. The Morgan fingerprint density at radius 2 is 1.61 bits per heavy atom. The summed E-state index contributed by atoms with van der Waals surface area (Å²) in [6.07, 6.45) is 2.40. The van der Waals surface area contributed by atoms with Crippen LogP contribution in [-0.2, 0) is 5.41 Å². The zero-order chi connectivity index (χ0) is 31.3. The summed E-state index contributed by atoms with van der Waals surface area (Å²) in [4.78, 5) is 29.6. The molecule has 226 valence electrons. The van der Waals surface area contributed by atoms with Crippen LogP contribution in [0.4, 0.5) is 26.9 Å². The summed E-state index contributed by atoms with van der Waals surface area (Å²) in [5.74, 6) is 2.03. The van der Waals surface area contributed by atoms with Gasteiger partial charge in [0.2, 0.25) is 0 Å². The summed E-state index contributed by atoms with van der Waals surface area (Å²) < 4.78 is 7.96. The molecule has 0 bridgehead atoms. The minimum absolute atomic E-state index is 0.206. The molecule has 2 aromatic heterocycles. The number of amides is 4. The van der Waals surface area contributed by atoms with Gasteiger partial charge in [-0.1, -0.05) is 69.7 Å². The number of ether oxygens (including phenoxy) is 1. The number of carbonyl (C=O) groups excluding carboxylic acids is 2. The molecular weight excluding hydrogens is 554 g/mol. The normalized spacial score (nSPS) is 11.2. The molecule has 0 aliphatic carbocycles. The largest absolute Gasteiger partial charge is 0.457 e. The topological polar surface area (TPSA) is 122 Å². The van der Waals surface area contributed by atoms with Gasteiger partial charge in [0.25, 0.3) is 0 Å². The van der Waals surface area contributed by atoms with Crippen LogP contribution in [0.1, 0.15) is 45.4 Å². The number of pyridine rings is 1. The van der Waals surface area contributed by atoms with Crippen LogP contribution >= 0.6 is 0 Å². The zero-order valence-corrected chi connectivity index (χ0v) is 25.6. The van der Waals surface area contributed by atoms with Crippen molar-refractivity contribution in [2.75, 3.05) is 22.5 Å². The van der Waals surface area contributed by atoms with Crippen molar-refractivity contribution in [2.45, 2.75) is 46.5 Å². The Kier molecular flexibility index (Phi) is 8.80. The van der Waals surface area contributed by atoms with Gasteiger partial charge >= 0.3 is 12.1 Å². The summed E-state index contributed by atoms with van der Waals surface area (Å²) in [5.41, 5.74) is 3.26. The molecule has 5 rings (SSSR count). The number of aryl methyl sites for hydroxylation is 1. The lowest BCUT2D eigenvalue weighted by Gasteiger charge is -2.15. The van der Waals surface area contributed by atoms with Gasteiger partial charge < -0.3 is 15.4 Å². The Bertz CT molecular complexity index is 1790. The molecule has 0 radical (unpaired) electrons. The third-order valence-corrected chi connectivity index (χ3v) is 6.87. The van der Waals surface area contributed by atoms with E-state index in [0.29, 0.717) is 35.4 Å². The minimum Gasteiger partial charge on any atom is -0.457 e. The summed E-state index contributed by atoms with van der Waals surface area (Å²) in [6, 6.07) is 23.8. The third-order valence-electron chi connectivity index (χ3n) is 6.87. The molecule has 4 N–H and O–H groups in total. The molecule has 10 heteroatoms. The van der Waals surface area contributed by atoms with Crippen LogP contribution in [0.3, 0.4) is 0 Å². The van der Waals surface area contributed by atoms with E-state index in [4.69, 9.17) is 9.84 Å². The van der Waals surface area contributed by atoms with Gasteiger partial charge in [-0.3, -0.25) is 10.6 Å². The van der Waals surface area contributed by atoms with Crippen molar-refractivity contribution in [1.82, 2.24) is 20.1 Å². The van der Waals surface area contributed by atoms with Crippen molar-refractivity contribution in [3.63, 3.8) is 0 Å². The van der Waals surface area contributed by atoms with Crippen molar-refractivity contribution in [2.24, 2.45) is 0 Å². The van der Waals surface area contributed by atoms with Crippen LogP contribution in [0.5, 0.6) is 11.5 Å². The second-order valence-corrected chi connectivity index (χ2v) is 11.5. The number of hydrogen-bond donors (Lipinski definition) is 4. The van der Waals surface area contributed by atoms with Gasteiger partial charge in [-0.25, -0.2) is 19.3 Å². The lowest BCUT2D eigenvalue weighted by atomic mass is 9.92. The van der Waals surface area contributed by atoms with E-state index in [2.05, 4.69) is 47.0 Å². The molecule has 44 heavy (non-hydrogen) atoms. The maximum atomic E-state index is 13.3. The first kappa shape index (κ1) is 30.1. The number of hydrogen-bond acceptors (Lipinski definition) is 5. The Hall–Kier alpha value is -5.38. The average molecular weight is 592 g/mol. The number of anilines is 3. The molecule has 5 aromatic rings. The molecular formula is C34H37N7O3. The Labute approximate surface area is 256 Å². The lowest BCUT2D eigenvalue weighted by Crippen LogP contribution is -2.29. The molecule has 0 spiro atoms. The number of fused-ring (bicyclic) bond motifs is 1. The van der Waals surface area contributed by atoms with Gasteiger partial charge in [0, 0.05) is 41.1 Å². The molecule has 2 heterocycles. The number of carbonyl (C=O) groups is 2. The maximum Gasteiger partial charge on any atom is 0.324 e. The second kappa shape index (κ2) is 12.9. The van der Waals surface area contributed by atoms with Crippen LogP contribution in [0, 0.1) is 6.92 Å². The second-order valence-electron chi connectivity index (χ2n) is 11.5. The van der Waals surface area contributed by atoms with E-state index in [1.54, 1.807) is 35.1 Å². The first-order valence-electron chi connectivity index (χ1n) is 14.6. The van der Waals surface area contributed by atoms with Gasteiger partial charge in [-0.2, -0.15) is 5.10 Å². The molecule has 0 aliphatic rings. The summed E-state index contributed by atoms with van der Waals surface area (Å²) in [7, 11) is 0. The van der Waals surface area contributed by atoms with Crippen molar-refractivity contribution in [3.05, 3.63) is 96.3 Å². The highest BCUT2D eigenvalue weighted by Crippen LogP contribution is 2.35. The standard InChI is InChI=1S/C34H37N7O3/c1-6-18-36-32(42)38-30-20-24(17-19-35-30)44-28-16-15-27(25-9-7-8-10-26(25)28)37-33(43)39-31-21-29(34(3,4)5)40-41(31)23-13-11-22(2)12-14-23/h7-17,19-21H,6,18H2,1-5H3,(H2,37,39,43)(H2,35,36,38,42). The number of benzene rings is 3. The Morgan fingerprint density at radius 3 is 2.34 bits per heavy atom. The number of rotatable bonds is 8. The predicted molar refractivity (Wildman–Crippen MR) is 175 cm³/mol. The van der Waals surface area contributed by atoms with Gasteiger partial charge in [-0.15, -0.1) is 0 Å². The van der Waals surface area contributed by atoms with Crippen LogP contribution < -0.4 is 26.0 Å². The van der Waals surface area contributed by atoms with Crippen LogP contribution in [0.15, 0.2) is 85.1 Å². The van der Waals surface area contributed by atoms with E-state index < -0.39 is 6.03 Å². The number of nitrogens with one attached hydrogen (secondary N) is 4. The highest BCUT2D eigenvalue weighted by atomic mass is 16.5. The first-order valence-corrected chi connectivity index (χ1v) is 14.6. The third kappa shape index (κ3) is 7.15. The van der Waals surface area contributed by atoms with Crippen molar-refractivity contribution in [3.8, 4) is 17.2 Å². The molecule has 0 saturated heterocycles. The average Bonchev–Trinajstić information content (AvgIpc) is 3.42. The monoisotopic (exact) mass is 591 g/mol. The number of aromatic nitrogens is 3. The van der Waals surface area contributed by atoms with E-state index in [-0.39, 0.29) is 11.4 Å². The number of nitrogens with zero attached hydrogens (tertiary/aromatic N) is 3. The van der Waals surface area contributed by atoms with Gasteiger partial charge in [0.05, 0.1) is 17.1 Å². The molecule has 0 atom stereocenters. The van der Waals surface area contributed by atoms with Crippen LogP contribution in [0.2, 0.25) is 0 Å². The molecule has 0 saturated carbocycles. The van der Waals surface area contributed by atoms with Gasteiger partial charge in [0.1, 0.15) is 23.1 Å². The fraction of sp³-hybridized carbons (Fsp3) is 0.235. The smallest absolute Gasteiger partial charge is 0.324 e. The lowest BCUT2D eigenvalue weighted by molar-refractivity contribution is 0.252. The fourth-order valence-electron chi connectivity index (χ4n) is 4.53. The van der Waals surface area contributed by atoms with Crippen molar-refractivity contribution < 1.29 is 14.3 Å². The Balaban J connectivity index is 1.36. The maximum absolute atomic E-state index is 13.3. The van der Waals surface area contributed by atoms with Crippen molar-refractivity contribution in [1.29, 1.82) is 0 Å². The molecule has 4 amide bonds. The Morgan fingerprint density at radius 1 is 0.864 bits per heavy atom. The van der Waals surface area contributed by atoms with E-state index in [1.807, 2.05) is 68.4 Å². The predicted octanol–water partition coefficient (Wildman–Crippen LogP) is 7.99. The summed E-state index contributed by atoms with van der Waals surface area (Å²) in [5, 5.41) is 17.9. The zero-order valence-electron chi connectivity index (χ0n) is 25.6. The SMILES string of the molecule is CCCNC(=O)Nc1cc(Oc2ccc(NC(=O)Nc3cc(C(C)(C)C)nn3-c3ccc(C)cc3)c3ccccc23)ccn1. The highest BCUT2D eigenvalue weighted by molar-refractivity contribution is 6.07. The van der Waals surface area contributed by atoms with Crippen LogP contribution in [-0.4, -0.2) is 33.4 Å². The molecule has 0 unspecified atom stereocenters. The van der Waals surface area contributed by atoms with Gasteiger partial charge in [0.15, 0.2) is 0 Å². The molecule has 10 nitrogen and oxygen atoms in total. The minimum atomic E-state index is -0.399. The highest BCUT2D eigenvalue weighted by Gasteiger charge is 2.22. The van der Waals surface area contributed by atoms with Crippen LogP contribution in [0.25, 0.3) is 16.5 Å². The number of urea groups is 2. The van der Waals surface area contributed by atoms with E-state index in [1.165, 1.54) is 0 Å². The first-order chi connectivity index (χ1) is 21.1. The molecule has 3 aromatic carbocycles. The van der Waals surface area contributed by atoms with Crippen molar-refractivity contribution >= 4 is 40.2 Å².